The fraction of sp³-hybridized carbons (Fsp3) is 0.0714. The standard InChI is InChI=1S/C14H10ClFO2/c1-8-2-4-10(13(16)6-8)9-3-5-12(15)11(7-9)14(17)18/h2-7H,1H3,(H,17,18). The minimum atomic E-state index is -1.13. The van der Waals surface area contributed by atoms with Crippen molar-refractivity contribution in [3.63, 3.8) is 0 Å². The van der Waals surface area contributed by atoms with Crippen molar-refractivity contribution in [3.8, 4) is 11.1 Å². The number of aromatic carboxylic acids is 1. The molecule has 2 aromatic rings. The third-order valence-electron chi connectivity index (χ3n) is 2.63. The Hall–Kier alpha value is -1.87. The average molecular weight is 265 g/mol. The Morgan fingerprint density at radius 3 is 2.56 bits per heavy atom. The fourth-order valence-corrected chi connectivity index (χ4v) is 1.91. The molecule has 0 aromatic heterocycles. The van der Waals surface area contributed by atoms with Crippen molar-refractivity contribution < 1.29 is 14.3 Å². The summed E-state index contributed by atoms with van der Waals surface area (Å²) in [6.07, 6.45) is 0. The number of hydrogen-bond acceptors (Lipinski definition) is 1. The predicted octanol–water partition coefficient (Wildman–Crippen LogP) is 4.15. The van der Waals surface area contributed by atoms with Crippen LogP contribution < -0.4 is 0 Å². The number of carbonyl (C=O) groups is 1. The summed E-state index contributed by atoms with van der Waals surface area (Å²) in [6.45, 7) is 1.79. The fourth-order valence-electron chi connectivity index (χ4n) is 1.71. The van der Waals surface area contributed by atoms with Gasteiger partial charge in [-0.15, -0.1) is 0 Å². The first-order chi connectivity index (χ1) is 8.49. The van der Waals surface area contributed by atoms with E-state index >= 15 is 0 Å². The maximum Gasteiger partial charge on any atom is 0.337 e. The van der Waals surface area contributed by atoms with Crippen LogP contribution in [0.1, 0.15) is 15.9 Å². The third-order valence-corrected chi connectivity index (χ3v) is 2.96. The second-order valence-corrected chi connectivity index (χ2v) is 4.39. The first-order valence-corrected chi connectivity index (χ1v) is 5.66. The monoisotopic (exact) mass is 264 g/mol. The second kappa shape index (κ2) is 4.78. The van der Waals surface area contributed by atoms with Crippen molar-refractivity contribution in [3.05, 3.63) is 58.4 Å². The SMILES string of the molecule is Cc1ccc(-c2ccc(Cl)c(C(=O)O)c2)c(F)c1. The van der Waals surface area contributed by atoms with Crippen molar-refractivity contribution in [2.75, 3.05) is 0 Å². The van der Waals surface area contributed by atoms with Gasteiger partial charge in [-0.1, -0.05) is 29.8 Å². The molecule has 18 heavy (non-hydrogen) atoms. The molecule has 0 saturated carbocycles. The largest absolute Gasteiger partial charge is 0.478 e. The van der Waals surface area contributed by atoms with Crippen molar-refractivity contribution in [1.29, 1.82) is 0 Å². The van der Waals surface area contributed by atoms with E-state index in [0.29, 0.717) is 11.1 Å². The van der Waals surface area contributed by atoms with Gasteiger partial charge in [-0.25, -0.2) is 9.18 Å². The summed E-state index contributed by atoms with van der Waals surface area (Å²) >= 11 is 5.77. The van der Waals surface area contributed by atoms with E-state index in [9.17, 15) is 9.18 Å². The lowest BCUT2D eigenvalue weighted by Gasteiger charge is -2.06. The minimum Gasteiger partial charge on any atom is -0.478 e. The Kier molecular flexibility index (Phi) is 3.34. The summed E-state index contributed by atoms with van der Waals surface area (Å²) < 4.78 is 13.8. The number of rotatable bonds is 2. The average Bonchev–Trinajstić information content (AvgIpc) is 2.30. The Morgan fingerprint density at radius 1 is 1.22 bits per heavy atom. The zero-order chi connectivity index (χ0) is 13.3. The van der Waals surface area contributed by atoms with Gasteiger partial charge in [-0.3, -0.25) is 0 Å². The summed E-state index contributed by atoms with van der Waals surface area (Å²) in [6, 6.07) is 9.23. The quantitative estimate of drug-likeness (QED) is 0.885. The number of aryl methyl sites for hydroxylation is 1. The van der Waals surface area contributed by atoms with Gasteiger partial charge >= 0.3 is 5.97 Å². The highest BCUT2D eigenvalue weighted by molar-refractivity contribution is 6.33. The molecule has 0 spiro atoms. The third kappa shape index (κ3) is 2.36. The van der Waals surface area contributed by atoms with Crippen molar-refractivity contribution in [2.24, 2.45) is 0 Å². The van der Waals surface area contributed by atoms with Gasteiger partial charge in [0.05, 0.1) is 10.6 Å². The Bertz CT molecular complexity index is 623. The molecule has 0 aliphatic carbocycles. The zero-order valence-electron chi connectivity index (χ0n) is 9.58. The highest BCUT2D eigenvalue weighted by Gasteiger charge is 2.12. The van der Waals surface area contributed by atoms with Gasteiger partial charge in [0.1, 0.15) is 5.82 Å². The molecule has 0 aliphatic rings. The highest BCUT2D eigenvalue weighted by Crippen LogP contribution is 2.27. The lowest BCUT2D eigenvalue weighted by Crippen LogP contribution is -1.98. The molecule has 0 unspecified atom stereocenters. The summed E-state index contributed by atoms with van der Waals surface area (Å²) in [5, 5.41) is 9.11. The molecule has 1 N–H and O–H groups in total. The van der Waals surface area contributed by atoms with Crippen LogP contribution >= 0.6 is 11.6 Å². The lowest BCUT2D eigenvalue weighted by molar-refractivity contribution is 0.0697. The summed E-state index contributed by atoms with van der Waals surface area (Å²) in [7, 11) is 0. The van der Waals surface area contributed by atoms with E-state index < -0.39 is 5.97 Å². The highest BCUT2D eigenvalue weighted by atomic mass is 35.5. The molecule has 0 aliphatic heterocycles. The molecular weight excluding hydrogens is 255 g/mol. The smallest absolute Gasteiger partial charge is 0.337 e. The van der Waals surface area contributed by atoms with E-state index in [1.54, 1.807) is 25.1 Å². The van der Waals surface area contributed by atoms with Gasteiger partial charge < -0.3 is 5.11 Å². The van der Waals surface area contributed by atoms with Crippen LogP contribution in [0.5, 0.6) is 0 Å². The molecule has 0 bridgehead atoms. The van der Waals surface area contributed by atoms with Crippen LogP contribution in [0.15, 0.2) is 36.4 Å². The zero-order valence-corrected chi connectivity index (χ0v) is 10.3. The molecule has 0 radical (unpaired) electrons. The van der Waals surface area contributed by atoms with E-state index in [2.05, 4.69) is 0 Å². The maximum atomic E-state index is 13.8. The maximum absolute atomic E-state index is 13.8. The summed E-state index contributed by atoms with van der Waals surface area (Å²) in [5.41, 5.74) is 1.63. The van der Waals surface area contributed by atoms with Crippen molar-refractivity contribution in [1.82, 2.24) is 0 Å². The van der Waals surface area contributed by atoms with Crippen molar-refractivity contribution >= 4 is 17.6 Å². The normalized spacial score (nSPS) is 10.4. The second-order valence-electron chi connectivity index (χ2n) is 3.98. The molecule has 4 heteroatoms. The van der Waals surface area contributed by atoms with E-state index in [1.165, 1.54) is 18.2 Å². The molecule has 0 heterocycles. The van der Waals surface area contributed by atoms with Crippen LogP contribution in [-0.2, 0) is 0 Å². The lowest BCUT2D eigenvalue weighted by atomic mass is 10.0. The van der Waals surface area contributed by atoms with E-state index in [0.717, 1.165) is 5.56 Å². The van der Waals surface area contributed by atoms with Crippen LogP contribution in [0.2, 0.25) is 5.02 Å². The number of carboxylic acid groups (broad SMARTS) is 1. The molecule has 2 aromatic carbocycles. The van der Waals surface area contributed by atoms with Gasteiger partial charge in [0, 0.05) is 5.56 Å². The number of carboxylic acids is 1. The van der Waals surface area contributed by atoms with Crippen molar-refractivity contribution in [2.45, 2.75) is 6.92 Å². The van der Waals surface area contributed by atoms with Gasteiger partial charge in [-0.05, 0) is 36.2 Å². The number of halogens is 2. The van der Waals surface area contributed by atoms with Crippen LogP contribution in [0.4, 0.5) is 4.39 Å². The van der Waals surface area contributed by atoms with Gasteiger partial charge in [0.2, 0.25) is 0 Å². The van der Waals surface area contributed by atoms with Crippen LogP contribution in [0.25, 0.3) is 11.1 Å². The molecule has 2 nitrogen and oxygen atoms in total. The predicted molar refractivity (Wildman–Crippen MR) is 68.5 cm³/mol. The first kappa shape index (κ1) is 12.6. The van der Waals surface area contributed by atoms with E-state index in [-0.39, 0.29) is 16.4 Å². The number of hydrogen-bond donors (Lipinski definition) is 1. The summed E-state index contributed by atoms with van der Waals surface area (Å²) in [4.78, 5) is 11.0. The van der Waals surface area contributed by atoms with E-state index in [4.69, 9.17) is 16.7 Å². The molecule has 0 amide bonds. The topological polar surface area (TPSA) is 37.3 Å². The van der Waals surface area contributed by atoms with Crippen LogP contribution in [-0.4, -0.2) is 11.1 Å². The minimum absolute atomic E-state index is 0.0332. The van der Waals surface area contributed by atoms with Crippen LogP contribution in [0, 0.1) is 12.7 Å². The molecule has 0 saturated heterocycles. The van der Waals surface area contributed by atoms with Gasteiger partial charge in [-0.2, -0.15) is 0 Å². The Morgan fingerprint density at radius 2 is 1.94 bits per heavy atom. The molecule has 2 rings (SSSR count). The Balaban J connectivity index is 2.58. The first-order valence-electron chi connectivity index (χ1n) is 5.28. The van der Waals surface area contributed by atoms with E-state index in [1.807, 2.05) is 0 Å². The van der Waals surface area contributed by atoms with Gasteiger partial charge in [0.25, 0.3) is 0 Å². The number of benzene rings is 2. The molecule has 92 valence electrons. The molecule has 0 fully saturated rings. The van der Waals surface area contributed by atoms with Crippen LogP contribution in [0.3, 0.4) is 0 Å². The molecular formula is C14H10ClFO2. The van der Waals surface area contributed by atoms with Gasteiger partial charge in [0.15, 0.2) is 0 Å². The molecule has 0 atom stereocenters. The summed E-state index contributed by atoms with van der Waals surface area (Å²) in [5.74, 6) is -1.51. The Labute approximate surface area is 109 Å².